The number of piperazine rings is 1. The Morgan fingerprint density at radius 2 is 1.88 bits per heavy atom. The van der Waals surface area contributed by atoms with Gasteiger partial charge in [0.05, 0.1) is 11.3 Å². The molecule has 7 nitrogen and oxygen atoms in total. The first-order valence-corrected chi connectivity index (χ1v) is 11.5. The van der Waals surface area contributed by atoms with Gasteiger partial charge in [-0.15, -0.1) is 0 Å². The number of halogens is 3. The number of ether oxygens (including phenoxy) is 2. The van der Waals surface area contributed by atoms with Crippen molar-refractivity contribution < 1.29 is 27.4 Å². The van der Waals surface area contributed by atoms with E-state index in [-0.39, 0.29) is 24.3 Å². The molecule has 1 aromatic heterocycles. The monoisotopic (exact) mass is 498 g/mol. The van der Waals surface area contributed by atoms with Crippen molar-refractivity contribution in [2.75, 3.05) is 44.0 Å². The summed E-state index contributed by atoms with van der Waals surface area (Å²) >= 11 is 6.68. The maximum absolute atomic E-state index is 12.6. The number of carbonyl (C=O) groups is 1. The van der Waals surface area contributed by atoms with Gasteiger partial charge in [0, 0.05) is 38.9 Å². The number of carbonyl (C=O) groups excluding carboxylic acids is 1. The molecule has 0 radical (unpaired) electrons. The van der Waals surface area contributed by atoms with E-state index < -0.39 is 11.7 Å². The van der Waals surface area contributed by atoms with E-state index in [4.69, 9.17) is 21.7 Å². The standard InChI is InChI=1S/C21H21F3N4O3S2/c22-21(23,24)15-2-4-18(25-10-15)26-19(29)12-33-20(32)28-7-5-27(6-8-28)11-14-1-3-16-17(9-14)31-13-30-16/h1-4,9-10H,5-8,11-13H2,(H,25,26,29). The maximum Gasteiger partial charge on any atom is 0.417 e. The fraction of sp³-hybridized carbons (Fsp3) is 0.381. The summed E-state index contributed by atoms with van der Waals surface area (Å²) in [6.45, 7) is 4.21. The minimum Gasteiger partial charge on any atom is -0.454 e. The molecule has 2 aliphatic heterocycles. The van der Waals surface area contributed by atoms with E-state index >= 15 is 0 Å². The van der Waals surface area contributed by atoms with Crippen molar-refractivity contribution in [1.29, 1.82) is 0 Å². The average molecular weight is 499 g/mol. The molecule has 1 aromatic carbocycles. The molecule has 33 heavy (non-hydrogen) atoms. The van der Waals surface area contributed by atoms with E-state index in [1.807, 2.05) is 18.2 Å². The number of alkyl halides is 3. The Hall–Kier alpha value is -2.57. The molecule has 3 heterocycles. The summed E-state index contributed by atoms with van der Waals surface area (Å²) in [5.41, 5.74) is 0.284. The largest absolute Gasteiger partial charge is 0.454 e. The lowest BCUT2D eigenvalue weighted by molar-refractivity contribution is -0.137. The molecule has 0 spiro atoms. The van der Waals surface area contributed by atoms with Crippen LogP contribution in [0.15, 0.2) is 36.5 Å². The summed E-state index contributed by atoms with van der Waals surface area (Å²) in [5.74, 6) is 1.28. The maximum atomic E-state index is 12.6. The van der Waals surface area contributed by atoms with Crippen LogP contribution in [0.4, 0.5) is 19.0 Å². The van der Waals surface area contributed by atoms with Crippen molar-refractivity contribution in [1.82, 2.24) is 14.8 Å². The molecule has 0 atom stereocenters. The van der Waals surface area contributed by atoms with Gasteiger partial charge in [-0.2, -0.15) is 13.2 Å². The number of nitrogens with zero attached hydrogens (tertiary/aromatic N) is 3. The van der Waals surface area contributed by atoms with Gasteiger partial charge in [0.2, 0.25) is 12.7 Å². The smallest absolute Gasteiger partial charge is 0.417 e. The first-order valence-electron chi connectivity index (χ1n) is 10.1. The number of amides is 1. The zero-order valence-electron chi connectivity index (χ0n) is 17.4. The lowest BCUT2D eigenvalue weighted by atomic mass is 10.1. The highest BCUT2D eigenvalue weighted by Gasteiger charge is 2.30. The molecule has 0 bridgehead atoms. The molecule has 0 unspecified atom stereocenters. The number of nitrogens with one attached hydrogen (secondary N) is 1. The summed E-state index contributed by atoms with van der Waals surface area (Å²) in [6, 6.07) is 7.96. The number of rotatable bonds is 5. The summed E-state index contributed by atoms with van der Waals surface area (Å²) in [7, 11) is 0. The number of anilines is 1. The summed E-state index contributed by atoms with van der Waals surface area (Å²) in [4.78, 5) is 20.1. The van der Waals surface area contributed by atoms with Crippen LogP contribution in [-0.4, -0.2) is 63.7 Å². The summed E-state index contributed by atoms with van der Waals surface area (Å²) in [5, 5.41) is 2.49. The molecular formula is C21H21F3N4O3S2. The highest BCUT2D eigenvalue weighted by molar-refractivity contribution is 8.23. The van der Waals surface area contributed by atoms with E-state index in [1.165, 1.54) is 11.8 Å². The number of pyridine rings is 1. The second-order valence-electron chi connectivity index (χ2n) is 7.48. The summed E-state index contributed by atoms with van der Waals surface area (Å²) < 4.78 is 49.2. The quantitative estimate of drug-likeness (QED) is 0.628. The fourth-order valence-electron chi connectivity index (χ4n) is 3.42. The van der Waals surface area contributed by atoms with Gasteiger partial charge < -0.3 is 19.7 Å². The van der Waals surface area contributed by atoms with Gasteiger partial charge in [0.15, 0.2) is 11.5 Å². The first-order chi connectivity index (χ1) is 15.8. The number of aromatic nitrogens is 1. The minimum atomic E-state index is -4.47. The van der Waals surface area contributed by atoms with Crippen LogP contribution < -0.4 is 14.8 Å². The first kappa shape index (κ1) is 23.6. The third kappa shape index (κ3) is 6.27. The molecule has 0 saturated carbocycles. The number of thiocarbonyl (C=S) groups is 1. The number of thioether (sulfide) groups is 1. The zero-order valence-corrected chi connectivity index (χ0v) is 19.1. The highest BCUT2D eigenvalue weighted by Crippen LogP contribution is 2.33. The van der Waals surface area contributed by atoms with Crippen molar-refractivity contribution in [3.63, 3.8) is 0 Å². The molecule has 2 aromatic rings. The van der Waals surface area contributed by atoms with Gasteiger partial charge in [-0.05, 0) is 29.8 Å². The molecule has 0 aliphatic carbocycles. The van der Waals surface area contributed by atoms with Crippen molar-refractivity contribution in [3.8, 4) is 11.5 Å². The van der Waals surface area contributed by atoms with E-state index in [2.05, 4.69) is 20.1 Å². The number of hydrogen-bond donors (Lipinski definition) is 1. The normalized spacial score (nSPS) is 16.0. The average Bonchev–Trinajstić information content (AvgIpc) is 3.26. The van der Waals surface area contributed by atoms with Crippen LogP contribution in [0.1, 0.15) is 11.1 Å². The third-order valence-corrected chi connectivity index (χ3v) is 6.68. The lowest BCUT2D eigenvalue weighted by Crippen LogP contribution is -2.47. The fourth-order valence-corrected chi connectivity index (χ4v) is 4.47. The Kier molecular flexibility index (Phi) is 7.25. The Morgan fingerprint density at radius 3 is 2.58 bits per heavy atom. The summed E-state index contributed by atoms with van der Waals surface area (Å²) in [6.07, 6.45) is -3.78. The Labute approximate surface area is 198 Å². The molecule has 1 fully saturated rings. The number of fused-ring (bicyclic) bond motifs is 1. The van der Waals surface area contributed by atoms with Gasteiger partial charge in [-0.3, -0.25) is 9.69 Å². The Balaban J connectivity index is 1.18. The van der Waals surface area contributed by atoms with E-state index in [1.54, 1.807) is 0 Å². The molecule has 4 rings (SSSR count). The van der Waals surface area contributed by atoms with Crippen LogP contribution in [-0.2, 0) is 17.5 Å². The lowest BCUT2D eigenvalue weighted by Gasteiger charge is -2.35. The minimum absolute atomic E-state index is 0.0545. The van der Waals surface area contributed by atoms with Gasteiger partial charge in [0.25, 0.3) is 0 Å². The predicted molar refractivity (Wildman–Crippen MR) is 122 cm³/mol. The number of hydrogen-bond acceptors (Lipinski definition) is 7. The predicted octanol–water partition coefficient (Wildman–Crippen LogP) is 3.60. The van der Waals surface area contributed by atoms with Crippen LogP contribution in [0.25, 0.3) is 0 Å². The molecule has 176 valence electrons. The van der Waals surface area contributed by atoms with Crippen molar-refractivity contribution in [2.24, 2.45) is 0 Å². The van der Waals surface area contributed by atoms with E-state index in [9.17, 15) is 18.0 Å². The second kappa shape index (κ2) is 10.1. The van der Waals surface area contributed by atoms with Crippen LogP contribution in [0.2, 0.25) is 0 Å². The molecular weight excluding hydrogens is 477 g/mol. The Morgan fingerprint density at radius 1 is 1.12 bits per heavy atom. The van der Waals surface area contributed by atoms with Gasteiger partial charge >= 0.3 is 6.18 Å². The van der Waals surface area contributed by atoms with Gasteiger partial charge in [0.1, 0.15) is 10.1 Å². The molecule has 12 heteroatoms. The second-order valence-corrected chi connectivity index (χ2v) is 9.09. The highest BCUT2D eigenvalue weighted by atomic mass is 32.2. The van der Waals surface area contributed by atoms with Gasteiger partial charge in [-0.1, -0.05) is 30.0 Å². The van der Waals surface area contributed by atoms with E-state index in [0.29, 0.717) is 10.5 Å². The van der Waals surface area contributed by atoms with Crippen molar-refractivity contribution in [2.45, 2.75) is 12.7 Å². The molecule has 1 saturated heterocycles. The van der Waals surface area contributed by atoms with Crippen LogP contribution in [0.5, 0.6) is 11.5 Å². The Bertz CT molecular complexity index is 1010. The van der Waals surface area contributed by atoms with Crippen LogP contribution >= 0.6 is 24.0 Å². The SMILES string of the molecule is O=C(CSC(=S)N1CCN(Cc2ccc3c(c2)OCO3)CC1)Nc1ccc(C(F)(F)F)cn1. The molecule has 1 N–H and O–H groups in total. The topological polar surface area (TPSA) is 66.9 Å². The molecule has 2 aliphatic rings. The third-order valence-electron chi connectivity index (χ3n) is 5.16. The van der Waals surface area contributed by atoms with E-state index in [0.717, 1.165) is 61.9 Å². The number of benzene rings is 1. The van der Waals surface area contributed by atoms with Crippen molar-refractivity contribution >= 4 is 40.0 Å². The zero-order chi connectivity index (χ0) is 23.4. The van der Waals surface area contributed by atoms with Crippen LogP contribution in [0.3, 0.4) is 0 Å². The van der Waals surface area contributed by atoms with Crippen molar-refractivity contribution in [3.05, 3.63) is 47.7 Å². The van der Waals surface area contributed by atoms with Crippen LogP contribution in [0, 0.1) is 0 Å². The molecule has 1 amide bonds. The van der Waals surface area contributed by atoms with Gasteiger partial charge in [-0.25, -0.2) is 4.98 Å².